The van der Waals surface area contributed by atoms with E-state index < -0.39 is 0 Å². The summed E-state index contributed by atoms with van der Waals surface area (Å²) in [4.78, 5) is 6.86. The molecule has 176 valence electrons. The Morgan fingerprint density at radius 2 is 1.77 bits per heavy atom. The predicted octanol–water partition coefficient (Wildman–Crippen LogP) is 5.92. The molecule has 4 aromatic rings. The van der Waals surface area contributed by atoms with Gasteiger partial charge in [0.2, 0.25) is 5.82 Å². The van der Waals surface area contributed by atoms with Gasteiger partial charge in [-0.2, -0.15) is 4.98 Å². The monoisotopic (exact) mass is 482 g/mol. The summed E-state index contributed by atoms with van der Waals surface area (Å²) in [5.74, 6) is 1.80. The number of hydrogen-bond donors (Lipinski definition) is 1. The van der Waals surface area contributed by atoms with Gasteiger partial charge in [-0.1, -0.05) is 77.5 Å². The number of benzene rings is 3. The zero-order valence-electron chi connectivity index (χ0n) is 19.9. The lowest BCUT2D eigenvalue weighted by Crippen LogP contribution is -2.45. The van der Waals surface area contributed by atoms with Crippen molar-refractivity contribution in [3.05, 3.63) is 107 Å². The average Bonchev–Trinajstić information content (AvgIpc) is 3.37. The maximum Gasteiger partial charge on any atom is 0.258 e. The molecule has 5 rings (SSSR count). The van der Waals surface area contributed by atoms with Gasteiger partial charge in [0.05, 0.1) is 18.7 Å². The first-order valence-electron chi connectivity index (χ1n) is 11.4. The molecule has 0 saturated heterocycles. The molecule has 1 aliphatic heterocycles. The lowest BCUT2D eigenvalue weighted by molar-refractivity contribution is 0.396. The highest BCUT2D eigenvalue weighted by Crippen LogP contribution is 2.38. The van der Waals surface area contributed by atoms with E-state index in [1.165, 1.54) is 11.1 Å². The van der Waals surface area contributed by atoms with Gasteiger partial charge in [0, 0.05) is 17.8 Å². The first-order chi connectivity index (χ1) is 17.0. The van der Waals surface area contributed by atoms with Crippen LogP contribution in [0, 0.1) is 6.92 Å². The van der Waals surface area contributed by atoms with E-state index in [0.717, 1.165) is 28.1 Å². The summed E-state index contributed by atoms with van der Waals surface area (Å²) in [7, 11) is 1.66. The van der Waals surface area contributed by atoms with Crippen molar-refractivity contribution in [2.75, 3.05) is 7.11 Å². The molecule has 0 fully saturated rings. The number of aryl methyl sites for hydroxylation is 1. The normalized spacial score (nSPS) is 15.8. The van der Waals surface area contributed by atoms with E-state index in [-0.39, 0.29) is 6.04 Å². The second kappa shape index (κ2) is 9.72. The topological polar surface area (TPSA) is 63.4 Å². The quantitative estimate of drug-likeness (QED) is 0.343. The van der Waals surface area contributed by atoms with Crippen LogP contribution >= 0.6 is 12.2 Å². The molecule has 1 unspecified atom stereocenters. The molecule has 0 bridgehead atoms. The minimum Gasteiger partial charge on any atom is -0.497 e. The Hall–Kier alpha value is -3.97. The number of allylic oxidation sites excluding steroid dienone is 1. The number of nitrogens with one attached hydrogen (secondary N) is 1. The minimum absolute atomic E-state index is 0.244. The molecule has 35 heavy (non-hydrogen) atoms. The molecule has 0 spiro atoms. The molecule has 0 aliphatic carbocycles. The van der Waals surface area contributed by atoms with Crippen molar-refractivity contribution in [3.63, 3.8) is 0 Å². The highest BCUT2D eigenvalue weighted by molar-refractivity contribution is 7.80. The van der Waals surface area contributed by atoms with E-state index in [9.17, 15) is 0 Å². The lowest BCUT2D eigenvalue weighted by Gasteiger charge is -2.37. The van der Waals surface area contributed by atoms with Crippen LogP contribution in [0.2, 0.25) is 0 Å². The Bertz CT molecular complexity index is 1380. The van der Waals surface area contributed by atoms with Crippen molar-refractivity contribution in [1.82, 2.24) is 20.4 Å². The van der Waals surface area contributed by atoms with Crippen LogP contribution in [0.15, 0.2) is 89.1 Å². The maximum absolute atomic E-state index is 5.84. The second-order valence-electron chi connectivity index (χ2n) is 8.52. The van der Waals surface area contributed by atoms with Crippen LogP contribution in [-0.4, -0.2) is 27.3 Å². The standard InChI is InChI=1S/C28H26N4O2S/c1-18-8-7-9-20(16-18)17-32-19(2)24(27-30-26(31-34-27)22-10-5-4-6-11-22)25(29-28(32)35)21-12-14-23(33-3)15-13-21/h4-16,25H,17H2,1-3H3,(H,29,35). The van der Waals surface area contributed by atoms with Crippen LogP contribution in [0.4, 0.5) is 0 Å². The average molecular weight is 483 g/mol. The van der Waals surface area contributed by atoms with Gasteiger partial charge in [-0.05, 0) is 49.3 Å². The minimum atomic E-state index is -0.244. The van der Waals surface area contributed by atoms with E-state index in [1.54, 1.807) is 7.11 Å². The SMILES string of the molecule is COc1ccc(C2NC(=S)N(Cc3cccc(C)c3)C(C)=C2c2nc(-c3ccccc3)no2)cc1. The highest BCUT2D eigenvalue weighted by Gasteiger charge is 2.34. The van der Waals surface area contributed by atoms with Crippen LogP contribution in [-0.2, 0) is 6.54 Å². The zero-order valence-corrected chi connectivity index (χ0v) is 20.7. The largest absolute Gasteiger partial charge is 0.497 e. The van der Waals surface area contributed by atoms with Crippen LogP contribution in [0.25, 0.3) is 17.0 Å². The smallest absolute Gasteiger partial charge is 0.258 e. The van der Waals surface area contributed by atoms with Gasteiger partial charge in [0.25, 0.3) is 5.89 Å². The van der Waals surface area contributed by atoms with E-state index in [2.05, 4.69) is 53.5 Å². The van der Waals surface area contributed by atoms with Gasteiger partial charge in [-0.15, -0.1) is 0 Å². The summed E-state index contributed by atoms with van der Waals surface area (Å²) < 4.78 is 11.2. The zero-order chi connectivity index (χ0) is 24.4. The van der Waals surface area contributed by atoms with Crippen molar-refractivity contribution >= 4 is 22.9 Å². The summed E-state index contributed by atoms with van der Waals surface area (Å²) in [6, 6.07) is 25.9. The van der Waals surface area contributed by atoms with E-state index in [0.29, 0.717) is 23.4 Å². The van der Waals surface area contributed by atoms with Gasteiger partial charge < -0.3 is 19.5 Å². The molecule has 6 nitrogen and oxygen atoms in total. The highest BCUT2D eigenvalue weighted by atomic mass is 32.1. The predicted molar refractivity (Wildman–Crippen MR) is 141 cm³/mol. The third kappa shape index (κ3) is 4.68. The molecule has 7 heteroatoms. The summed E-state index contributed by atoms with van der Waals surface area (Å²) >= 11 is 5.84. The van der Waals surface area contributed by atoms with Gasteiger partial charge in [-0.25, -0.2) is 0 Å². The van der Waals surface area contributed by atoms with Crippen LogP contribution in [0.3, 0.4) is 0 Å². The first-order valence-corrected chi connectivity index (χ1v) is 11.8. The van der Waals surface area contributed by atoms with Gasteiger partial charge in [0.15, 0.2) is 5.11 Å². The van der Waals surface area contributed by atoms with Crippen molar-refractivity contribution in [2.45, 2.75) is 26.4 Å². The van der Waals surface area contributed by atoms with Crippen molar-refractivity contribution < 1.29 is 9.26 Å². The Morgan fingerprint density at radius 3 is 2.49 bits per heavy atom. The molecule has 1 atom stereocenters. The van der Waals surface area contributed by atoms with Crippen LogP contribution < -0.4 is 10.1 Å². The number of aromatic nitrogens is 2. The van der Waals surface area contributed by atoms with E-state index >= 15 is 0 Å². The molecule has 1 aromatic heterocycles. The molecule has 0 radical (unpaired) electrons. The molecule has 1 N–H and O–H groups in total. The summed E-state index contributed by atoms with van der Waals surface area (Å²) in [6.45, 7) is 4.78. The molecular weight excluding hydrogens is 456 g/mol. The maximum atomic E-state index is 5.84. The van der Waals surface area contributed by atoms with Crippen LogP contribution in [0.1, 0.15) is 35.5 Å². The Morgan fingerprint density at radius 1 is 1.00 bits per heavy atom. The van der Waals surface area contributed by atoms with Gasteiger partial charge in [0.1, 0.15) is 5.75 Å². The van der Waals surface area contributed by atoms with E-state index in [4.69, 9.17) is 26.5 Å². The third-order valence-electron chi connectivity index (χ3n) is 6.16. The molecular formula is C28H26N4O2S. The van der Waals surface area contributed by atoms with Crippen molar-refractivity contribution in [3.8, 4) is 17.1 Å². The lowest BCUT2D eigenvalue weighted by atomic mass is 9.94. The summed E-state index contributed by atoms with van der Waals surface area (Å²) in [5.41, 5.74) is 6.17. The number of ether oxygens (including phenoxy) is 1. The molecule has 1 aliphatic rings. The first kappa shape index (κ1) is 22.8. The van der Waals surface area contributed by atoms with Crippen LogP contribution in [0.5, 0.6) is 5.75 Å². The fraction of sp³-hybridized carbons (Fsp3) is 0.179. The van der Waals surface area contributed by atoms with Crippen molar-refractivity contribution in [1.29, 1.82) is 0 Å². The number of rotatable bonds is 6. The Labute approximate surface area is 210 Å². The third-order valence-corrected chi connectivity index (χ3v) is 6.50. The number of methoxy groups -OCH3 is 1. The fourth-order valence-electron chi connectivity index (χ4n) is 4.33. The van der Waals surface area contributed by atoms with E-state index in [1.807, 2.05) is 54.6 Å². The molecule has 3 aromatic carbocycles. The van der Waals surface area contributed by atoms with Gasteiger partial charge >= 0.3 is 0 Å². The van der Waals surface area contributed by atoms with Crippen molar-refractivity contribution in [2.24, 2.45) is 0 Å². The Balaban J connectivity index is 1.59. The molecule has 0 amide bonds. The summed E-state index contributed by atoms with van der Waals surface area (Å²) in [5, 5.41) is 8.44. The fourth-order valence-corrected chi connectivity index (χ4v) is 4.64. The number of hydrogen-bond acceptors (Lipinski definition) is 5. The Kier molecular flexibility index (Phi) is 6.33. The molecule has 0 saturated carbocycles. The molecule has 2 heterocycles. The van der Waals surface area contributed by atoms with Gasteiger partial charge in [-0.3, -0.25) is 0 Å². The summed E-state index contributed by atoms with van der Waals surface area (Å²) in [6.07, 6.45) is 0. The number of thiocarbonyl (C=S) groups is 1. The second-order valence-corrected chi connectivity index (χ2v) is 8.91. The number of nitrogens with zero attached hydrogens (tertiary/aromatic N) is 3.